The molecule has 5 nitrogen and oxygen atoms in total. The number of hydrogen-bond donors (Lipinski definition) is 1. The van der Waals surface area contributed by atoms with Gasteiger partial charge in [-0.2, -0.15) is 0 Å². The van der Waals surface area contributed by atoms with Crippen molar-refractivity contribution in [3.63, 3.8) is 0 Å². The minimum Gasteiger partial charge on any atom is -0.481 e. The van der Waals surface area contributed by atoms with Crippen molar-refractivity contribution in [3.05, 3.63) is 30.1 Å². The zero-order valence-electron chi connectivity index (χ0n) is 10.8. The van der Waals surface area contributed by atoms with Crippen molar-refractivity contribution in [3.8, 4) is 0 Å². The van der Waals surface area contributed by atoms with Gasteiger partial charge in [-0.25, -0.2) is 4.57 Å². The number of aryl methyl sites for hydroxylation is 2. The lowest BCUT2D eigenvalue weighted by molar-refractivity contribution is -0.696. The van der Waals surface area contributed by atoms with E-state index in [1.165, 1.54) is 10.5 Å². The molecule has 0 saturated carbocycles. The Balaban J connectivity index is 2.36. The standard InChI is InChI=1S/C13H18N2O3/c1-11-3-8-15(9-4-11)10-5-12(16)14(2)7-6-13(17)18/h3-4,8-9H,5-7,10H2,1-2H3/p+1. The summed E-state index contributed by atoms with van der Waals surface area (Å²) in [5.74, 6) is -0.924. The molecule has 0 aliphatic rings. The summed E-state index contributed by atoms with van der Waals surface area (Å²) >= 11 is 0. The minimum atomic E-state index is -0.887. The summed E-state index contributed by atoms with van der Waals surface area (Å²) in [5.41, 5.74) is 1.18. The van der Waals surface area contributed by atoms with Crippen LogP contribution in [0.1, 0.15) is 18.4 Å². The van der Waals surface area contributed by atoms with Gasteiger partial charge in [-0.3, -0.25) is 9.59 Å². The van der Waals surface area contributed by atoms with Gasteiger partial charge in [0.1, 0.15) is 0 Å². The summed E-state index contributed by atoms with van der Waals surface area (Å²) in [5, 5.41) is 8.54. The quantitative estimate of drug-likeness (QED) is 0.753. The van der Waals surface area contributed by atoms with E-state index < -0.39 is 5.97 Å². The molecule has 5 heteroatoms. The lowest BCUT2D eigenvalue weighted by atomic mass is 10.3. The van der Waals surface area contributed by atoms with Gasteiger partial charge in [0.05, 0.1) is 12.8 Å². The highest BCUT2D eigenvalue weighted by molar-refractivity contribution is 5.76. The zero-order chi connectivity index (χ0) is 13.5. The highest BCUT2D eigenvalue weighted by Gasteiger charge is 2.12. The average Bonchev–Trinajstić information content (AvgIpc) is 2.34. The first-order valence-electron chi connectivity index (χ1n) is 5.90. The van der Waals surface area contributed by atoms with Crippen molar-refractivity contribution >= 4 is 11.9 Å². The fourth-order valence-electron chi connectivity index (χ4n) is 1.48. The van der Waals surface area contributed by atoms with E-state index in [4.69, 9.17) is 5.11 Å². The predicted octanol–water partition coefficient (Wildman–Crippen LogP) is 0.606. The molecule has 0 aliphatic heterocycles. The Bertz CT molecular complexity index is 415. The number of pyridine rings is 1. The largest absolute Gasteiger partial charge is 0.481 e. The van der Waals surface area contributed by atoms with E-state index in [0.717, 1.165) is 0 Å². The third-order valence-corrected chi connectivity index (χ3v) is 2.73. The Morgan fingerprint density at radius 2 is 1.89 bits per heavy atom. The van der Waals surface area contributed by atoms with Crippen LogP contribution in [0.25, 0.3) is 0 Å². The topological polar surface area (TPSA) is 61.5 Å². The van der Waals surface area contributed by atoms with Crippen molar-refractivity contribution in [1.82, 2.24) is 4.90 Å². The summed E-state index contributed by atoms with van der Waals surface area (Å²) < 4.78 is 1.94. The molecule has 0 spiro atoms. The van der Waals surface area contributed by atoms with Gasteiger partial charge in [0.2, 0.25) is 5.91 Å². The van der Waals surface area contributed by atoms with Gasteiger partial charge in [0.25, 0.3) is 0 Å². The van der Waals surface area contributed by atoms with Gasteiger partial charge in [0, 0.05) is 25.7 Å². The molecule has 1 N–H and O–H groups in total. The summed E-state index contributed by atoms with van der Waals surface area (Å²) in [4.78, 5) is 23.6. The lowest BCUT2D eigenvalue weighted by Gasteiger charge is -2.14. The Labute approximate surface area is 107 Å². The van der Waals surface area contributed by atoms with Crippen LogP contribution < -0.4 is 4.57 Å². The number of aliphatic carboxylic acids is 1. The number of rotatable bonds is 6. The molecule has 1 amide bonds. The van der Waals surface area contributed by atoms with E-state index >= 15 is 0 Å². The Morgan fingerprint density at radius 3 is 2.44 bits per heavy atom. The zero-order valence-corrected chi connectivity index (χ0v) is 10.8. The molecule has 0 aromatic carbocycles. The number of aromatic nitrogens is 1. The van der Waals surface area contributed by atoms with Crippen LogP contribution in [-0.2, 0) is 16.1 Å². The third kappa shape index (κ3) is 4.95. The molecule has 0 unspecified atom stereocenters. The maximum atomic E-state index is 11.7. The third-order valence-electron chi connectivity index (χ3n) is 2.73. The number of amides is 1. The van der Waals surface area contributed by atoms with Crippen molar-refractivity contribution < 1.29 is 19.3 Å². The maximum absolute atomic E-state index is 11.7. The first-order chi connectivity index (χ1) is 8.49. The van der Waals surface area contributed by atoms with Crippen molar-refractivity contribution in [1.29, 1.82) is 0 Å². The molecule has 0 fully saturated rings. The average molecular weight is 251 g/mol. The highest BCUT2D eigenvalue weighted by Crippen LogP contribution is 1.95. The van der Waals surface area contributed by atoms with Crippen LogP contribution in [0.4, 0.5) is 0 Å². The smallest absolute Gasteiger partial charge is 0.305 e. The van der Waals surface area contributed by atoms with Crippen molar-refractivity contribution in [2.75, 3.05) is 13.6 Å². The maximum Gasteiger partial charge on any atom is 0.305 e. The molecule has 1 rings (SSSR count). The second-order valence-electron chi connectivity index (χ2n) is 4.32. The van der Waals surface area contributed by atoms with Crippen molar-refractivity contribution in [2.24, 2.45) is 0 Å². The van der Waals surface area contributed by atoms with Gasteiger partial charge >= 0.3 is 5.97 Å². The van der Waals surface area contributed by atoms with Gasteiger partial charge < -0.3 is 10.0 Å². The number of carbonyl (C=O) groups excluding carboxylic acids is 1. The summed E-state index contributed by atoms with van der Waals surface area (Å²) in [6.45, 7) is 2.87. The molecule has 1 aromatic rings. The molecule has 1 aromatic heterocycles. The van der Waals surface area contributed by atoms with Crippen LogP contribution in [0.15, 0.2) is 24.5 Å². The van der Waals surface area contributed by atoms with Crippen molar-refractivity contribution in [2.45, 2.75) is 26.3 Å². The van der Waals surface area contributed by atoms with Gasteiger partial charge in [-0.05, 0) is 12.5 Å². The SMILES string of the molecule is Cc1cc[n+](CCC(=O)N(C)CCC(=O)O)cc1. The number of carboxylic acid groups (broad SMARTS) is 1. The van der Waals surface area contributed by atoms with Crippen LogP contribution >= 0.6 is 0 Å². The van der Waals surface area contributed by atoms with Gasteiger partial charge in [0.15, 0.2) is 18.9 Å². The monoisotopic (exact) mass is 251 g/mol. The fourth-order valence-corrected chi connectivity index (χ4v) is 1.48. The summed E-state index contributed by atoms with van der Waals surface area (Å²) in [7, 11) is 1.63. The molecule has 0 radical (unpaired) electrons. The van der Waals surface area contributed by atoms with E-state index in [1.54, 1.807) is 7.05 Å². The normalized spacial score (nSPS) is 10.1. The van der Waals surface area contributed by atoms with E-state index in [9.17, 15) is 9.59 Å². The molecule has 0 atom stereocenters. The first-order valence-corrected chi connectivity index (χ1v) is 5.90. The Hall–Kier alpha value is -1.91. The van der Waals surface area contributed by atoms with Crippen LogP contribution in [0, 0.1) is 6.92 Å². The van der Waals surface area contributed by atoms with Crippen LogP contribution in [0.3, 0.4) is 0 Å². The first kappa shape index (κ1) is 14.2. The summed E-state index contributed by atoms with van der Waals surface area (Å²) in [6, 6.07) is 3.97. The van der Waals surface area contributed by atoms with Crippen LogP contribution in [-0.4, -0.2) is 35.5 Å². The fraction of sp³-hybridized carbons (Fsp3) is 0.462. The Morgan fingerprint density at radius 1 is 1.28 bits per heavy atom. The van der Waals surface area contributed by atoms with E-state index in [-0.39, 0.29) is 18.9 Å². The summed E-state index contributed by atoms with van der Waals surface area (Å²) in [6.07, 6.45) is 4.23. The molecule has 0 saturated heterocycles. The molecular weight excluding hydrogens is 232 g/mol. The number of hydrogen-bond acceptors (Lipinski definition) is 2. The molecule has 18 heavy (non-hydrogen) atoms. The van der Waals surface area contributed by atoms with E-state index in [1.807, 2.05) is 36.0 Å². The minimum absolute atomic E-state index is 0.0140. The second-order valence-corrected chi connectivity index (χ2v) is 4.32. The second kappa shape index (κ2) is 6.74. The van der Waals surface area contributed by atoms with Crippen LogP contribution in [0.2, 0.25) is 0 Å². The number of nitrogens with zero attached hydrogens (tertiary/aromatic N) is 2. The molecule has 98 valence electrons. The molecular formula is C13H19N2O3+. The number of carbonyl (C=O) groups is 2. The van der Waals surface area contributed by atoms with E-state index in [2.05, 4.69) is 0 Å². The van der Waals surface area contributed by atoms with Gasteiger partial charge in [-0.1, -0.05) is 0 Å². The van der Waals surface area contributed by atoms with E-state index in [0.29, 0.717) is 13.0 Å². The lowest BCUT2D eigenvalue weighted by Crippen LogP contribution is -2.37. The predicted molar refractivity (Wildman–Crippen MR) is 65.9 cm³/mol. The Kier molecular flexibility index (Phi) is 5.30. The van der Waals surface area contributed by atoms with Gasteiger partial charge in [-0.15, -0.1) is 0 Å². The molecule has 0 aliphatic carbocycles. The number of carboxylic acids is 1. The molecule has 0 bridgehead atoms. The highest BCUT2D eigenvalue weighted by atomic mass is 16.4. The molecule has 1 heterocycles. The van der Waals surface area contributed by atoms with Crippen LogP contribution in [0.5, 0.6) is 0 Å².